The van der Waals surface area contributed by atoms with Crippen LogP contribution in [0, 0.1) is 5.92 Å². The molecule has 2 rings (SSSR count). The zero-order valence-electron chi connectivity index (χ0n) is 12.8. The van der Waals surface area contributed by atoms with Gasteiger partial charge < -0.3 is 16.4 Å². The number of hydrogen-bond donors (Lipinski definition) is 3. The Morgan fingerprint density at radius 1 is 1.09 bits per heavy atom. The average molecular weight is 326 g/mol. The third-order valence-corrected chi connectivity index (χ3v) is 3.94. The monoisotopic (exact) mass is 325 g/mol. The second-order valence-corrected chi connectivity index (χ2v) is 5.59. The van der Waals surface area contributed by atoms with E-state index in [2.05, 4.69) is 10.6 Å². The van der Waals surface area contributed by atoms with E-state index in [1.165, 1.54) is 0 Å². The molecule has 1 saturated carbocycles. The predicted octanol–water partition coefficient (Wildman–Crippen LogP) is 2.91. The Morgan fingerprint density at radius 3 is 2.09 bits per heavy atom. The van der Waals surface area contributed by atoms with Gasteiger partial charge in [-0.3, -0.25) is 9.59 Å². The van der Waals surface area contributed by atoms with Gasteiger partial charge in [0, 0.05) is 30.3 Å². The van der Waals surface area contributed by atoms with Gasteiger partial charge in [-0.2, -0.15) is 0 Å². The Hall–Kier alpha value is -1.59. The number of amides is 2. The summed E-state index contributed by atoms with van der Waals surface area (Å²) in [5, 5.41) is 5.65. The summed E-state index contributed by atoms with van der Waals surface area (Å²) in [4.78, 5) is 23.3. The van der Waals surface area contributed by atoms with Crippen LogP contribution in [0.4, 0.5) is 11.4 Å². The van der Waals surface area contributed by atoms with Gasteiger partial charge in [-0.05, 0) is 43.0 Å². The number of nitrogens with one attached hydrogen (secondary N) is 2. The fraction of sp³-hybridized carbons (Fsp3) is 0.500. The van der Waals surface area contributed by atoms with Gasteiger partial charge in [-0.1, -0.05) is 13.3 Å². The van der Waals surface area contributed by atoms with Crippen molar-refractivity contribution in [2.45, 2.75) is 45.1 Å². The first-order chi connectivity index (χ1) is 10.1. The minimum Gasteiger partial charge on any atom is -0.327 e. The molecule has 6 heteroatoms. The van der Waals surface area contributed by atoms with Crippen molar-refractivity contribution in [2.75, 3.05) is 10.6 Å². The molecular weight excluding hydrogens is 302 g/mol. The maximum Gasteiger partial charge on any atom is 0.224 e. The van der Waals surface area contributed by atoms with Crippen molar-refractivity contribution >= 4 is 35.6 Å². The molecule has 1 fully saturated rings. The Balaban J connectivity index is 0.00000242. The number of halogens is 1. The standard InChI is InChI=1S/C16H23N3O2.ClH/c1-2-15(20)18-12-6-8-13(9-7-12)19-16(21)10-11-4-3-5-14(11)17;/h6-9,11,14H,2-5,10,17H2,1H3,(H,18,20)(H,19,21);1H/t11-,14+;/m0./s1. The van der Waals surface area contributed by atoms with E-state index in [0.717, 1.165) is 30.6 Å². The lowest BCUT2D eigenvalue weighted by Crippen LogP contribution is -2.28. The van der Waals surface area contributed by atoms with Gasteiger partial charge in [0.15, 0.2) is 0 Å². The van der Waals surface area contributed by atoms with Crippen molar-refractivity contribution in [3.8, 4) is 0 Å². The van der Waals surface area contributed by atoms with Gasteiger partial charge in [0.05, 0.1) is 0 Å². The molecule has 2 amide bonds. The van der Waals surface area contributed by atoms with Crippen LogP contribution in [-0.2, 0) is 9.59 Å². The van der Waals surface area contributed by atoms with E-state index in [0.29, 0.717) is 18.8 Å². The molecule has 5 nitrogen and oxygen atoms in total. The van der Waals surface area contributed by atoms with E-state index in [1.54, 1.807) is 31.2 Å². The minimum absolute atomic E-state index is 0. The van der Waals surface area contributed by atoms with Gasteiger partial charge in [-0.25, -0.2) is 0 Å². The summed E-state index contributed by atoms with van der Waals surface area (Å²) in [5.74, 6) is 0.276. The molecule has 22 heavy (non-hydrogen) atoms. The van der Waals surface area contributed by atoms with Crippen LogP contribution in [0.5, 0.6) is 0 Å². The third kappa shape index (κ3) is 5.31. The number of benzene rings is 1. The summed E-state index contributed by atoms with van der Waals surface area (Å²) in [6.45, 7) is 1.80. The van der Waals surface area contributed by atoms with Crippen molar-refractivity contribution in [3.05, 3.63) is 24.3 Å². The minimum atomic E-state index is -0.0259. The molecule has 0 radical (unpaired) electrons. The highest BCUT2D eigenvalue weighted by Gasteiger charge is 2.25. The fourth-order valence-corrected chi connectivity index (χ4v) is 2.66. The van der Waals surface area contributed by atoms with E-state index in [-0.39, 0.29) is 30.3 Å². The van der Waals surface area contributed by atoms with E-state index >= 15 is 0 Å². The van der Waals surface area contributed by atoms with E-state index in [1.807, 2.05) is 0 Å². The lowest BCUT2D eigenvalue weighted by atomic mass is 10.00. The van der Waals surface area contributed by atoms with Crippen molar-refractivity contribution in [3.63, 3.8) is 0 Å². The first-order valence-corrected chi connectivity index (χ1v) is 7.54. The molecule has 0 spiro atoms. The summed E-state index contributed by atoms with van der Waals surface area (Å²) in [7, 11) is 0. The molecule has 1 aliphatic carbocycles. The molecule has 0 heterocycles. The number of hydrogen-bond acceptors (Lipinski definition) is 3. The molecule has 2 atom stereocenters. The summed E-state index contributed by atoms with van der Waals surface area (Å²) in [5.41, 5.74) is 7.45. The normalized spacial score (nSPS) is 20.1. The summed E-state index contributed by atoms with van der Waals surface area (Å²) in [6.07, 6.45) is 4.10. The highest BCUT2D eigenvalue weighted by molar-refractivity contribution is 5.92. The molecule has 1 aliphatic rings. The second-order valence-electron chi connectivity index (χ2n) is 5.59. The molecular formula is C16H24ClN3O2. The van der Waals surface area contributed by atoms with Crippen LogP contribution >= 0.6 is 12.4 Å². The predicted molar refractivity (Wildman–Crippen MR) is 91.2 cm³/mol. The van der Waals surface area contributed by atoms with E-state index < -0.39 is 0 Å². The fourth-order valence-electron chi connectivity index (χ4n) is 2.66. The maximum atomic E-state index is 12.0. The Kier molecular flexibility index (Phi) is 7.35. The first-order valence-electron chi connectivity index (χ1n) is 7.54. The van der Waals surface area contributed by atoms with Crippen molar-refractivity contribution in [1.29, 1.82) is 0 Å². The Bertz CT molecular complexity index is 505. The highest BCUT2D eigenvalue weighted by atomic mass is 35.5. The largest absolute Gasteiger partial charge is 0.327 e. The molecule has 0 bridgehead atoms. The van der Waals surface area contributed by atoms with Crippen LogP contribution < -0.4 is 16.4 Å². The van der Waals surface area contributed by atoms with Crippen LogP contribution in [0.1, 0.15) is 39.0 Å². The zero-order valence-corrected chi connectivity index (χ0v) is 13.6. The van der Waals surface area contributed by atoms with Crippen LogP contribution in [-0.4, -0.2) is 17.9 Å². The van der Waals surface area contributed by atoms with Crippen molar-refractivity contribution < 1.29 is 9.59 Å². The van der Waals surface area contributed by atoms with Crippen LogP contribution in [0.2, 0.25) is 0 Å². The van der Waals surface area contributed by atoms with Gasteiger partial charge in [0.2, 0.25) is 11.8 Å². The molecule has 0 unspecified atom stereocenters. The summed E-state index contributed by atoms with van der Waals surface area (Å²) >= 11 is 0. The number of rotatable bonds is 5. The van der Waals surface area contributed by atoms with Crippen molar-refractivity contribution in [1.82, 2.24) is 0 Å². The number of nitrogens with two attached hydrogens (primary N) is 1. The van der Waals surface area contributed by atoms with Gasteiger partial charge >= 0.3 is 0 Å². The van der Waals surface area contributed by atoms with Gasteiger partial charge in [0.25, 0.3) is 0 Å². The number of anilines is 2. The average Bonchev–Trinajstić information content (AvgIpc) is 2.86. The Morgan fingerprint density at radius 2 is 1.64 bits per heavy atom. The SMILES string of the molecule is CCC(=O)Nc1ccc(NC(=O)C[C@@H]2CCC[C@H]2N)cc1.Cl. The van der Waals surface area contributed by atoms with Gasteiger partial charge in [-0.15, -0.1) is 12.4 Å². The molecule has 0 aromatic heterocycles. The lowest BCUT2D eigenvalue weighted by Gasteiger charge is -2.15. The lowest BCUT2D eigenvalue weighted by molar-refractivity contribution is -0.117. The molecule has 0 aliphatic heterocycles. The Labute approximate surface area is 137 Å². The quantitative estimate of drug-likeness (QED) is 0.778. The van der Waals surface area contributed by atoms with Crippen molar-refractivity contribution in [2.24, 2.45) is 11.7 Å². The zero-order chi connectivity index (χ0) is 15.2. The second kappa shape index (κ2) is 8.76. The molecule has 0 saturated heterocycles. The van der Waals surface area contributed by atoms with E-state index in [9.17, 15) is 9.59 Å². The number of carbonyl (C=O) groups is 2. The van der Waals surface area contributed by atoms with Crippen LogP contribution in [0.3, 0.4) is 0 Å². The summed E-state index contributed by atoms with van der Waals surface area (Å²) in [6, 6.07) is 7.30. The van der Waals surface area contributed by atoms with Crippen LogP contribution in [0.25, 0.3) is 0 Å². The van der Waals surface area contributed by atoms with Crippen LogP contribution in [0.15, 0.2) is 24.3 Å². The molecule has 4 N–H and O–H groups in total. The van der Waals surface area contributed by atoms with Gasteiger partial charge in [0.1, 0.15) is 0 Å². The molecule has 1 aromatic rings. The summed E-state index contributed by atoms with van der Waals surface area (Å²) < 4.78 is 0. The molecule has 122 valence electrons. The third-order valence-electron chi connectivity index (χ3n) is 3.94. The highest BCUT2D eigenvalue weighted by Crippen LogP contribution is 2.27. The molecule has 1 aromatic carbocycles. The first kappa shape index (κ1) is 18.5. The smallest absolute Gasteiger partial charge is 0.224 e. The topological polar surface area (TPSA) is 84.2 Å². The number of carbonyl (C=O) groups excluding carboxylic acids is 2. The van der Waals surface area contributed by atoms with E-state index in [4.69, 9.17) is 5.73 Å². The maximum absolute atomic E-state index is 12.0.